The monoisotopic (exact) mass is 396 g/mol. The van der Waals surface area contributed by atoms with Crippen molar-refractivity contribution in [2.45, 2.75) is 6.04 Å². The summed E-state index contributed by atoms with van der Waals surface area (Å²) in [6.07, 6.45) is 0. The van der Waals surface area contributed by atoms with E-state index in [1.807, 2.05) is 48.5 Å². The third kappa shape index (κ3) is 3.86. The van der Waals surface area contributed by atoms with Crippen LogP contribution >= 0.6 is 23.1 Å². The molecular weight excluding hydrogens is 380 g/mol. The first kappa shape index (κ1) is 17.7. The average Bonchev–Trinajstić information content (AvgIpc) is 3.38. The number of anilines is 1. The summed E-state index contributed by atoms with van der Waals surface area (Å²) in [6, 6.07) is 18.2. The Kier molecular flexibility index (Phi) is 5.17. The van der Waals surface area contributed by atoms with Crippen molar-refractivity contribution in [3.8, 4) is 10.6 Å². The molecule has 1 aliphatic heterocycles. The molecule has 3 aromatic rings. The molecule has 2 aromatic carbocycles. The molecule has 8 heteroatoms. The molecule has 0 bridgehead atoms. The van der Waals surface area contributed by atoms with Crippen LogP contribution in [0.2, 0.25) is 0 Å². The van der Waals surface area contributed by atoms with Crippen molar-refractivity contribution >= 4 is 40.0 Å². The smallest absolute Gasteiger partial charge is 0.255 e. The van der Waals surface area contributed by atoms with Crippen molar-refractivity contribution in [3.63, 3.8) is 0 Å². The van der Waals surface area contributed by atoms with Gasteiger partial charge in [-0.15, -0.1) is 22.0 Å². The Hall–Kier alpha value is -2.71. The van der Waals surface area contributed by atoms with Crippen molar-refractivity contribution in [1.82, 2.24) is 15.1 Å². The van der Waals surface area contributed by atoms with Gasteiger partial charge in [0.1, 0.15) is 11.0 Å². The second-order valence-electron chi connectivity index (χ2n) is 5.92. The molecule has 0 radical (unpaired) electrons. The van der Waals surface area contributed by atoms with Crippen LogP contribution in [0.1, 0.15) is 10.4 Å². The predicted molar refractivity (Wildman–Crippen MR) is 108 cm³/mol. The Balaban J connectivity index is 1.46. The number of carbonyl (C=O) groups excluding carboxylic acids is 2. The van der Waals surface area contributed by atoms with E-state index in [0.717, 1.165) is 10.6 Å². The minimum atomic E-state index is -0.521. The molecule has 136 valence electrons. The molecule has 27 heavy (non-hydrogen) atoms. The summed E-state index contributed by atoms with van der Waals surface area (Å²) in [4.78, 5) is 27.0. The highest BCUT2D eigenvalue weighted by molar-refractivity contribution is 7.99. The first-order valence-corrected chi connectivity index (χ1v) is 10.3. The van der Waals surface area contributed by atoms with Crippen molar-refractivity contribution < 1.29 is 9.59 Å². The highest BCUT2D eigenvalue weighted by atomic mass is 32.2. The lowest BCUT2D eigenvalue weighted by Gasteiger charge is -2.22. The van der Waals surface area contributed by atoms with Crippen molar-refractivity contribution in [2.75, 3.05) is 16.9 Å². The lowest BCUT2D eigenvalue weighted by molar-refractivity contribution is -0.119. The molecule has 0 spiro atoms. The van der Waals surface area contributed by atoms with Crippen LogP contribution in [0.3, 0.4) is 0 Å². The quantitative estimate of drug-likeness (QED) is 0.732. The van der Waals surface area contributed by atoms with Crippen LogP contribution in [-0.4, -0.2) is 44.6 Å². The molecule has 1 aliphatic rings. The zero-order chi connectivity index (χ0) is 18.6. The summed E-state index contributed by atoms with van der Waals surface area (Å²) < 4.78 is 0. The van der Waals surface area contributed by atoms with Crippen LogP contribution in [-0.2, 0) is 4.79 Å². The Bertz CT molecular complexity index is 947. The van der Waals surface area contributed by atoms with Gasteiger partial charge >= 0.3 is 0 Å². The van der Waals surface area contributed by atoms with Gasteiger partial charge in [0.2, 0.25) is 11.0 Å². The minimum Gasteiger partial charge on any atom is -0.316 e. The van der Waals surface area contributed by atoms with E-state index in [9.17, 15) is 9.59 Å². The van der Waals surface area contributed by atoms with Gasteiger partial charge in [0.15, 0.2) is 0 Å². The number of hydrogen-bond acceptors (Lipinski definition) is 6. The van der Waals surface area contributed by atoms with Crippen LogP contribution < -0.4 is 5.32 Å². The van der Waals surface area contributed by atoms with E-state index >= 15 is 0 Å². The first-order valence-electron chi connectivity index (χ1n) is 8.36. The van der Waals surface area contributed by atoms with Crippen LogP contribution in [0.15, 0.2) is 60.7 Å². The summed E-state index contributed by atoms with van der Waals surface area (Å²) in [7, 11) is 0. The Labute approximate surface area is 164 Å². The van der Waals surface area contributed by atoms with E-state index in [0.29, 0.717) is 22.3 Å². The molecule has 2 heterocycles. The molecule has 4 rings (SSSR count). The topological polar surface area (TPSA) is 75.2 Å². The number of amides is 2. The van der Waals surface area contributed by atoms with Gasteiger partial charge < -0.3 is 4.90 Å². The highest BCUT2D eigenvalue weighted by Gasteiger charge is 2.35. The molecule has 1 aromatic heterocycles. The summed E-state index contributed by atoms with van der Waals surface area (Å²) >= 11 is 2.88. The Morgan fingerprint density at radius 3 is 2.44 bits per heavy atom. The van der Waals surface area contributed by atoms with Gasteiger partial charge in [-0.05, 0) is 12.1 Å². The molecule has 6 nitrogen and oxygen atoms in total. The maximum absolute atomic E-state index is 12.7. The minimum absolute atomic E-state index is 0.136. The third-order valence-corrected chi connectivity index (χ3v) is 6.04. The summed E-state index contributed by atoms with van der Waals surface area (Å²) in [5.74, 6) is 0.689. The molecule has 1 fully saturated rings. The third-order valence-electron chi connectivity index (χ3n) is 4.14. The summed E-state index contributed by atoms with van der Waals surface area (Å²) in [6.45, 7) is 0. The van der Waals surface area contributed by atoms with Crippen LogP contribution in [0.4, 0.5) is 5.13 Å². The van der Waals surface area contributed by atoms with Crippen LogP contribution in [0, 0.1) is 0 Å². The van der Waals surface area contributed by atoms with E-state index in [4.69, 9.17) is 0 Å². The molecular formula is C19H16N4O2S2. The molecule has 1 unspecified atom stereocenters. The second kappa shape index (κ2) is 7.89. The molecule has 0 aliphatic carbocycles. The average molecular weight is 396 g/mol. The molecule has 0 saturated carbocycles. The number of thioether (sulfide) groups is 1. The van der Waals surface area contributed by atoms with Gasteiger partial charge in [-0.25, -0.2) is 0 Å². The van der Waals surface area contributed by atoms with Crippen molar-refractivity contribution in [1.29, 1.82) is 0 Å². The van der Waals surface area contributed by atoms with Gasteiger partial charge in [-0.3, -0.25) is 14.9 Å². The Morgan fingerprint density at radius 2 is 1.70 bits per heavy atom. The Morgan fingerprint density at radius 1 is 1.00 bits per heavy atom. The summed E-state index contributed by atoms with van der Waals surface area (Å²) in [5, 5.41) is 12.2. The maximum atomic E-state index is 12.7. The van der Waals surface area contributed by atoms with E-state index in [1.54, 1.807) is 28.8 Å². The fourth-order valence-electron chi connectivity index (χ4n) is 2.77. The molecule has 1 N–H and O–H groups in total. The number of aromatic nitrogens is 2. The zero-order valence-corrected chi connectivity index (χ0v) is 15.9. The lowest BCUT2D eigenvalue weighted by atomic mass is 10.1. The fourth-order valence-corrected chi connectivity index (χ4v) is 4.67. The second-order valence-corrected chi connectivity index (χ2v) is 7.90. The van der Waals surface area contributed by atoms with Gasteiger partial charge in [0.25, 0.3) is 5.91 Å². The largest absolute Gasteiger partial charge is 0.316 e. The van der Waals surface area contributed by atoms with E-state index < -0.39 is 6.04 Å². The SMILES string of the molecule is O=C(Nc1nnc(-c2ccccc2)s1)C1CSCN1C(=O)c1ccccc1. The van der Waals surface area contributed by atoms with Gasteiger partial charge in [-0.2, -0.15) is 0 Å². The van der Waals surface area contributed by atoms with Gasteiger partial charge in [-0.1, -0.05) is 59.9 Å². The standard InChI is InChI=1S/C19H16N4O2S2/c24-16(20-19-22-21-17(27-19)13-7-3-1-4-8-13)15-11-26-12-23(15)18(25)14-9-5-2-6-10-14/h1-10,15H,11-12H2,(H,20,22,24). The predicted octanol–water partition coefficient (Wildman–Crippen LogP) is 3.36. The number of benzene rings is 2. The first-order chi connectivity index (χ1) is 13.2. The number of carbonyl (C=O) groups is 2. The normalized spacial score (nSPS) is 16.3. The van der Waals surface area contributed by atoms with E-state index in [1.165, 1.54) is 11.3 Å². The molecule has 2 amide bonds. The fraction of sp³-hybridized carbons (Fsp3) is 0.158. The van der Waals surface area contributed by atoms with Gasteiger partial charge in [0, 0.05) is 16.9 Å². The number of hydrogen-bond donors (Lipinski definition) is 1. The van der Waals surface area contributed by atoms with Crippen molar-refractivity contribution in [2.24, 2.45) is 0 Å². The lowest BCUT2D eigenvalue weighted by Crippen LogP contribution is -2.44. The van der Waals surface area contributed by atoms with Gasteiger partial charge in [0.05, 0.1) is 5.88 Å². The zero-order valence-electron chi connectivity index (χ0n) is 14.2. The van der Waals surface area contributed by atoms with Crippen LogP contribution in [0.5, 0.6) is 0 Å². The molecule has 1 saturated heterocycles. The van der Waals surface area contributed by atoms with E-state index in [-0.39, 0.29) is 11.8 Å². The number of rotatable bonds is 4. The summed E-state index contributed by atoms with van der Waals surface area (Å²) in [5.41, 5.74) is 1.54. The highest BCUT2D eigenvalue weighted by Crippen LogP contribution is 2.28. The van der Waals surface area contributed by atoms with E-state index in [2.05, 4.69) is 15.5 Å². The number of nitrogens with one attached hydrogen (secondary N) is 1. The molecule has 1 atom stereocenters. The van der Waals surface area contributed by atoms with Crippen LogP contribution in [0.25, 0.3) is 10.6 Å². The van der Waals surface area contributed by atoms with Crippen molar-refractivity contribution in [3.05, 3.63) is 66.2 Å². The number of nitrogens with zero attached hydrogens (tertiary/aromatic N) is 3. The maximum Gasteiger partial charge on any atom is 0.255 e.